The third kappa shape index (κ3) is 8.04. The molecule has 53 heavy (non-hydrogen) atoms. The van der Waals surface area contributed by atoms with Crippen molar-refractivity contribution in [2.75, 3.05) is 10.5 Å². The minimum atomic E-state index is -4.92. The lowest BCUT2D eigenvalue weighted by atomic mass is 9.99. The van der Waals surface area contributed by atoms with Crippen LogP contribution in [0.15, 0.2) is 65.1 Å². The first-order valence-electron chi connectivity index (χ1n) is 16.9. The number of carboxylic acid groups (broad SMARTS) is 1. The van der Waals surface area contributed by atoms with Gasteiger partial charge in [-0.25, -0.2) is 30.8 Å². The number of rotatable bonds is 14. The van der Waals surface area contributed by atoms with Gasteiger partial charge in [0.2, 0.25) is 15.9 Å². The van der Waals surface area contributed by atoms with Crippen LogP contribution in [0, 0.1) is 23.3 Å². The molecule has 15 heteroatoms. The predicted molar refractivity (Wildman–Crippen MR) is 193 cm³/mol. The first kappa shape index (κ1) is 37.2. The highest BCUT2D eigenvalue weighted by Gasteiger charge is 2.54. The van der Waals surface area contributed by atoms with Gasteiger partial charge in [0.15, 0.2) is 29.0 Å². The molecule has 3 fully saturated rings. The summed E-state index contributed by atoms with van der Waals surface area (Å²) in [6.45, 7) is -0.0529. The molecule has 0 bridgehead atoms. The fourth-order valence-corrected chi connectivity index (χ4v) is 8.14. The quantitative estimate of drug-likeness (QED) is 0.0568. The zero-order chi connectivity index (χ0) is 37.8. The van der Waals surface area contributed by atoms with Crippen LogP contribution in [0.25, 0.3) is 0 Å². The molecule has 8 nitrogen and oxygen atoms in total. The molecule has 0 spiro atoms. The molecule has 4 aromatic rings. The molecule has 0 saturated heterocycles. The molecule has 3 aliphatic carbocycles. The van der Waals surface area contributed by atoms with Gasteiger partial charge in [0.05, 0.1) is 16.3 Å². The number of hydrogen-bond acceptors (Lipinski definition) is 5. The van der Waals surface area contributed by atoms with Gasteiger partial charge in [-0.2, -0.15) is 0 Å². The van der Waals surface area contributed by atoms with Crippen molar-refractivity contribution in [1.82, 2.24) is 4.90 Å². The van der Waals surface area contributed by atoms with E-state index in [2.05, 4.69) is 22.0 Å². The summed E-state index contributed by atoms with van der Waals surface area (Å²) in [4.78, 5) is 26.9. The van der Waals surface area contributed by atoms with Crippen molar-refractivity contribution >= 4 is 55.1 Å². The van der Waals surface area contributed by atoms with Crippen LogP contribution < -0.4 is 9.46 Å². The number of carbonyl (C=O) groups is 2. The van der Waals surface area contributed by atoms with Crippen LogP contribution in [0.2, 0.25) is 5.02 Å². The van der Waals surface area contributed by atoms with Crippen molar-refractivity contribution in [2.24, 2.45) is 0 Å². The zero-order valence-electron chi connectivity index (χ0n) is 27.9. The first-order chi connectivity index (χ1) is 25.1. The number of amides is 1. The van der Waals surface area contributed by atoms with Gasteiger partial charge in [0.1, 0.15) is 11.5 Å². The molecule has 0 atom stereocenters. The molecule has 0 aliphatic heterocycles. The number of ether oxygens (including phenoxy) is 1. The smallest absolute Gasteiger partial charge is 0.335 e. The number of anilines is 1. The number of aromatic carboxylic acids is 1. The molecule has 4 aromatic carbocycles. The average molecular weight is 836 g/mol. The van der Waals surface area contributed by atoms with Crippen LogP contribution in [0.1, 0.15) is 88.5 Å². The Kier molecular flexibility index (Phi) is 10.0. The Morgan fingerprint density at radius 2 is 1.51 bits per heavy atom. The molecule has 0 radical (unpaired) electrons. The summed E-state index contributed by atoms with van der Waals surface area (Å²) in [5.74, 6) is -10.6. The van der Waals surface area contributed by atoms with Crippen LogP contribution in [0.4, 0.5) is 23.2 Å². The summed E-state index contributed by atoms with van der Waals surface area (Å²) in [5.41, 5.74) is -0.174. The number of nitrogens with one attached hydrogen (secondary N) is 1. The predicted octanol–water partition coefficient (Wildman–Crippen LogP) is 9.04. The van der Waals surface area contributed by atoms with Gasteiger partial charge >= 0.3 is 5.97 Å². The summed E-state index contributed by atoms with van der Waals surface area (Å²) < 4.78 is 95.5. The topological polar surface area (TPSA) is 113 Å². The SMILES string of the molecule is O=C(O)c1ccc(OC2(N(Cc3cc(C4CC4)cc(C4CC4)c3)C(=O)CS(=O)(=O)Nc3c(F)c(F)c(F)c(F)c3Cc3cccc(Br)c3Cl)CC2)cc1. The van der Waals surface area contributed by atoms with Crippen molar-refractivity contribution in [1.29, 1.82) is 0 Å². The van der Waals surface area contributed by atoms with Crippen LogP contribution in [-0.4, -0.2) is 41.8 Å². The molecular weight excluding hydrogens is 804 g/mol. The van der Waals surface area contributed by atoms with Crippen molar-refractivity contribution in [2.45, 2.75) is 69.1 Å². The second-order valence-corrected chi connectivity index (χ2v) is 16.7. The first-order valence-corrected chi connectivity index (χ1v) is 19.7. The van der Waals surface area contributed by atoms with E-state index in [1.165, 1.54) is 41.3 Å². The van der Waals surface area contributed by atoms with Gasteiger partial charge in [-0.15, -0.1) is 0 Å². The number of hydrogen-bond donors (Lipinski definition) is 2. The third-order valence-electron chi connectivity index (χ3n) is 9.69. The number of sulfonamides is 1. The Morgan fingerprint density at radius 1 is 0.906 bits per heavy atom. The number of benzene rings is 4. The molecule has 0 unspecified atom stereocenters. The molecular formula is C38H32BrClF4N2O6S. The summed E-state index contributed by atoms with van der Waals surface area (Å²) in [6, 6.07) is 16.2. The van der Waals surface area contributed by atoms with E-state index in [9.17, 15) is 31.9 Å². The van der Waals surface area contributed by atoms with Gasteiger partial charge in [-0.05, 0) is 106 Å². The Morgan fingerprint density at radius 3 is 2.08 bits per heavy atom. The minimum absolute atomic E-state index is 0.0132. The van der Waals surface area contributed by atoms with Crippen LogP contribution in [0.3, 0.4) is 0 Å². The molecule has 0 aromatic heterocycles. The summed E-state index contributed by atoms with van der Waals surface area (Å²) in [6.07, 6.45) is 4.14. The monoisotopic (exact) mass is 834 g/mol. The van der Waals surface area contributed by atoms with E-state index in [0.717, 1.165) is 42.4 Å². The van der Waals surface area contributed by atoms with Crippen molar-refractivity contribution in [3.8, 4) is 5.75 Å². The fraction of sp³-hybridized carbons (Fsp3) is 0.316. The third-order valence-corrected chi connectivity index (χ3v) is 12.2. The second-order valence-electron chi connectivity index (χ2n) is 13.8. The van der Waals surface area contributed by atoms with Gasteiger partial charge in [-0.1, -0.05) is 41.9 Å². The molecule has 3 saturated carbocycles. The lowest BCUT2D eigenvalue weighted by Gasteiger charge is -2.33. The molecule has 278 valence electrons. The number of nitrogens with zero attached hydrogens (tertiary/aromatic N) is 1. The standard InChI is InChI=1S/C38H32BrClF4N2O6S/c39-29-3-1-2-24(31(29)40)17-28-32(41)33(42)34(43)35(44)36(28)45-53(50,51)19-30(47)46(38(12-13-38)52-27-10-8-23(9-11-27)37(48)49)18-20-14-25(21-4-5-21)16-26(15-20)22-6-7-22/h1-3,8-11,14-16,21-22,45H,4-7,12-13,17-19H2,(H,48,49). The molecule has 3 aliphatic rings. The van der Waals surface area contributed by atoms with Crippen molar-refractivity contribution in [3.63, 3.8) is 0 Å². The zero-order valence-corrected chi connectivity index (χ0v) is 31.1. The lowest BCUT2D eigenvalue weighted by molar-refractivity contribution is -0.140. The highest BCUT2D eigenvalue weighted by Crippen LogP contribution is 2.48. The highest BCUT2D eigenvalue weighted by molar-refractivity contribution is 9.10. The summed E-state index contributed by atoms with van der Waals surface area (Å²) in [5, 5.41) is 9.37. The molecule has 1 amide bonds. The fourth-order valence-electron chi connectivity index (χ4n) is 6.46. The van der Waals surface area contributed by atoms with E-state index in [1.54, 1.807) is 6.07 Å². The van der Waals surface area contributed by atoms with E-state index in [0.29, 0.717) is 29.2 Å². The maximum Gasteiger partial charge on any atom is 0.335 e. The van der Waals surface area contributed by atoms with E-state index >= 15 is 8.78 Å². The van der Waals surface area contributed by atoms with E-state index < -0.39 is 74.3 Å². The van der Waals surface area contributed by atoms with E-state index in [1.807, 2.05) is 16.9 Å². The maximum atomic E-state index is 15.3. The van der Waals surface area contributed by atoms with Gasteiger partial charge < -0.3 is 9.84 Å². The molecule has 0 heterocycles. The molecule has 7 rings (SSSR count). The lowest BCUT2D eigenvalue weighted by Crippen LogP contribution is -2.48. The number of carboxylic acids is 1. The Labute approximate surface area is 316 Å². The van der Waals surface area contributed by atoms with Gasteiger partial charge in [0.25, 0.3) is 0 Å². The summed E-state index contributed by atoms with van der Waals surface area (Å²) in [7, 11) is -4.92. The van der Waals surface area contributed by atoms with Crippen molar-refractivity contribution < 1.29 is 45.4 Å². The van der Waals surface area contributed by atoms with Crippen LogP contribution in [0.5, 0.6) is 5.75 Å². The minimum Gasteiger partial charge on any atom is -0.478 e. The highest BCUT2D eigenvalue weighted by atomic mass is 79.9. The molecule has 2 N–H and O–H groups in total. The van der Waals surface area contributed by atoms with E-state index in [-0.39, 0.29) is 28.4 Å². The number of carbonyl (C=O) groups excluding carboxylic acids is 1. The van der Waals surface area contributed by atoms with Gasteiger partial charge in [0, 0.05) is 35.8 Å². The average Bonchev–Trinajstić information content (AvgIpc) is 3.96. The normalized spacial score (nSPS) is 16.3. The Balaban J connectivity index is 1.21. The Bertz CT molecular complexity index is 2220. The van der Waals surface area contributed by atoms with Gasteiger partial charge in [-0.3, -0.25) is 14.4 Å². The number of halogens is 6. The largest absolute Gasteiger partial charge is 0.478 e. The maximum absolute atomic E-state index is 15.3. The van der Waals surface area contributed by atoms with E-state index in [4.69, 9.17) is 16.3 Å². The van der Waals surface area contributed by atoms with Crippen molar-refractivity contribution in [3.05, 3.63) is 127 Å². The Hall–Kier alpha value is -4.14. The van der Waals surface area contributed by atoms with Crippen LogP contribution >= 0.6 is 27.5 Å². The summed E-state index contributed by atoms with van der Waals surface area (Å²) >= 11 is 9.50. The van der Waals surface area contributed by atoms with Crippen LogP contribution in [-0.2, 0) is 27.8 Å². The second kappa shape index (κ2) is 14.3.